The van der Waals surface area contributed by atoms with E-state index >= 15 is 0 Å². The molecule has 2 atom stereocenters. The summed E-state index contributed by atoms with van der Waals surface area (Å²) in [5.74, 6) is -5.97. The highest BCUT2D eigenvalue weighted by Crippen LogP contribution is 2.46. The molecular formula is C36H41Cl2F3N4O11S. The van der Waals surface area contributed by atoms with Crippen LogP contribution < -0.4 is 25.2 Å². The molecule has 2 aliphatic heterocycles. The molecule has 0 aliphatic carbocycles. The number of unbranched alkanes of at least 4 members (excludes halogenated alkanes) is 1. The lowest BCUT2D eigenvalue weighted by Gasteiger charge is -2.35. The average Bonchev–Trinajstić information content (AvgIpc) is 3.07. The highest BCUT2D eigenvalue weighted by atomic mass is 35.5. The Morgan fingerprint density at radius 1 is 1.07 bits per heavy atom. The van der Waals surface area contributed by atoms with Gasteiger partial charge in [0.25, 0.3) is 10.0 Å². The van der Waals surface area contributed by atoms with Crippen LogP contribution in [0.1, 0.15) is 74.3 Å². The molecule has 0 saturated heterocycles. The van der Waals surface area contributed by atoms with E-state index in [1.54, 1.807) is 20.8 Å². The van der Waals surface area contributed by atoms with Gasteiger partial charge in [-0.25, -0.2) is 27.5 Å². The highest BCUT2D eigenvalue weighted by Gasteiger charge is 2.52. The van der Waals surface area contributed by atoms with Crippen LogP contribution >= 0.6 is 23.2 Å². The first-order valence-corrected chi connectivity index (χ1v) is 19.6. The molecule has 0 spiro atoms. The summed E-state index contributed by atoms with van der Waals surface area (Å²) in [6.45, 7) is 8.97. The van der Waals surface area contributed by atoms with E-state index in [-0.39, 0.29) is 41.7 Å². The number of nitrogens with zero attached hydrogens (tertiary/aromatic N) is 1. The topological polar surface area (TPSA) is 222 Å². The molecule has 21 heteroatoms. The molecule has 0 radical (unpaired) electrons. The fourth-order valence-corrected chi connectivity index (χ4v) is 8.50. The molecule has 312 valence electrons. The minimum Gasteiger partial charge on any atom is -0.487 e. The third-order valence-corrected chi connectivity index (χ3v) is 11.3. The Morgan fingerprint density at radius 2 is 1.74 bits per heavy atom. The maximum atomic E-state index is 14.0. The van der Waals surface area contributed by atoms with Crippen molar-refractivity contribution in [3.63, 3.8) is 0 Å². The van der Waals surface area contributed by atoms with Gasteiger partial charge in [0, 0.05) is 24.1 Å². The lowest BCUT2D eigenvalue weighted by Crippen LogP contribution is -2.43. The summed E-state index contributed by atoms with van der Waals surface area (Å²) < 4.78 is 92.1. The van der Waals surface area contributed by atoms with Gasteiger partial charge in [0.15, 0.2) is 0 Å². The fourth-order valence-electron chi connectivity index (χ4n) is 6.43. The number of amides is 1. The Morgan fingerprint density at radius 3 is 2.35 bits per heavy atom. The second-order valence-electron chi connectivity index (χ2n) is 13.9. The summed E-state index contributed by atoms with van der Waals surface area (Å²) in [5, 5.41) is 11.5. The van der Waals surface area contributed by atoms with Gasteiger partial charge >= 0.3 is 24.1 Å². The van der Waals surface area contributed by atoms with Crippen LogP contribution in [0.2, 0.25) is 10.0 Å². The van der Waals surface area contributed by atoms with E-state index in [0.29, 0.717) is 35.3 Å². The van der Waals surface area contributed by atoms with E-state index < -0.39 is 92.0 Å². The number of carboxylic acids is 1. The van der Waals surface area contributed by atoms with Crippen molar-refractivity contribution in [1.82, 2.24) is 10.0 Å². The van der Waals surface area contributed by atoms with E-state index in [0.717, 1.165) is 24.6 Å². The zero-order valence-electron chi connectivity index (χ0n) is 31.6. The van der Waals surface area contributed by atoms with Gasteiger partial charge in [-0.3, -0.25) is 9.79 Å². The van der Waals surface area contributed by atoms with E-state index in [2.05, 4.69) is 15.0 Å². The number of ether oxygens (including phenoxy) is 4. The van der Waals surface area contributed by atoms with Crippen LogP contribution in [-0.2, 0) is 45.1 Å². The monoisotopic (exact) mass is 864 g/mol. The smallest absolute Gasteiger partial charge is 0.430 e. The van der Waals surface area contributed by atoms with Gasteiger partial charge in [0.2, 0.25) is 24.8 Å². The first-order valence-electron chi connectivity index (χ1n) is 17.3. The second kappa shape index (κ2) is 17.4. The summed E-state index contributed by atoms with van der Waals surface area (Å²) in [4.78, 5) is 53.9. The minimum atomic E-state index is -5.33. The summed E-state index contributed by atoms with van der Waals surface area (Å²) in [7, 11) is -4.15. The number of halogens is 5. The first kappa shape index (κ1) is 45.0. The zero-order chi connectivity index (χ0) is 42.8. The van der Waals surface area contributed by atoms with Crippen molar-refractivity contribution in [2.75, 3.05) is 13.3 Å². The van der Waals surface area contributed by atoms with Crippen molar-refractivity contribution >= 4 is 68.6 Å². The molecule has 2 aliphatic rings. The quantitative estimate of drug-likeness (QED) is 0.0672. The van der Waals surface area contributed by atoms with Gasteiger partial charge in [0.05, 0.1) is 15.5 Å². The van der Waals surface area contributed by atoms with Gasteiger partial charge in [-0.05, 0) is 101 Å². The predicted octanol–water partition coefficient (Wildman–Crippen LogP) is 5.20. The number of guanidine groups is 1. The number of sulfonamides is 1. The highest BCUT2D eigenvalue weighted by molar-refractivity contribution is 7.90. The molecule has 0 saturated carbocycles. The molecule has 5 N–H and O–H groups in total. The zero-order valence-corrected chi connectivity index (χ0v) is 33.9. The molecule has 15 nitrogen and oxygen atoms in total. The number of rotatable bonds is 13. The van der Waals surface area contributed by atoms with E-state index in [4.69, 9.17) is 47.9 Å². The molecular weight excluding hydrogens is 824 g/mol. The largest absolute Gasteiger partial charge is 0.487 e. The Labute approximate surface area is 336 Å². The predicted molar refractivity (Wildman–Crippen MR) is 200 cm³/mol. The molecule has 1 amide bonds. The Bertz CT molecular complexity index is 2160. The number of alkyl halides is 3. The number of carbonyl (C=O) groups is 4. The van der Waals surface area contributed by atoms with E-state index in [1.165, 1.54) is 0 Å². The number of carbonyl (C=O) groups excluding carboxylic acids is 3. The normalized spacial score (nSPS) is 17.0. The summed E-state index contributed by atoms with van der Waals surface area (Å²) in [5.41, 5.74) is 4.98. The van der Waals surface area contributed by atoms with Crippen molar-refractivity contribution in [3.05, 3.63) is 55.6 Å². The number of hydrogen-bond acceptors (Lipinski definition) is 11. The number of nitrogens with two attached hydrogens (primary N) is 1. The first-order chi connectivity index (χ1) is 26.4. The Hall–Kier alpha value is -4.75. The van der Waals surface area contributed by atoms with Crippen LogP contribution in [-0.4, -0.2) is 80.6 Å². The maximum absolute atomic E-state index is 14.0. The molecule has 2 aromatic carbocycles. The van der Waals surface area contributed by atoms with Crippen molar-refractivity contribution < 1.29 is 64.8 Å². The Kier molecular flexibility index (Phi) is 13.7. The van der Waals surface area contributed by atoms with Crippen molar-refractivity contribution in [2.24, 2.45) is 10.7 Å². The molecule has 2 aromatic rings. The van der Waals surface area contributed by atoms with Crippen LogP contribution in [0.5, 0.6) is 11.5 Å². The summed E-state index contributed by atoms with van der Waals surface area (Å²) in [6, 6.07) is 0.642. The number of hydrogen-bond donors (Lipinski definition) is 4. The second-order valence-corrected chi connectivity index (χ2v) is 16.4. The number of fused-ring (bicyclic) bond motifs is 2. The van der Waals surface area contributed by atoms with E-state index in [1.807, 2.05) is 13.8 Å². The number of benzene rings is 2. The molecule has 0 bridgehead atoms. The van der Waals surface area contributed by atoms with Gasteiger partial charge in [-0.1, -0.05) is 23.2 Å². The summed E-state index contributed by atoms with van der Waals surface area (Å²) >= 11 is 11.9. The van der Waals surface area contributed by atoms with Crippen LogP contribution in [0.25, 0.3) is 5.57 Å². The average molecular weight is 866 g/mol. The molecule has 57 heavy (non-hydrogen) atoms. The van der Waals surface area contributed by atoms with Crippen molar-refractivity contribution in [3.8, 4) is 11.5 Å². The third-order valence-electron chi connectivity index (χ3n) is 9.19. The van der Waals surface area contributed by atoms with Crippen molar-refractivity contribution in [1.29, 1.82) is 0 Å². The molecule has 4 rings (SSSR count). The fraction of sp³-hybridized carbons (Fsp3) is 0.472. The molecule has 0 fully saturated rings. The Balaban J connectivity index is 1.37. The third kappa shape index (κ3) is 10.4. The SMILES string of the molecule is CC(=O)N[C@@H](CCCCN=C(N)NS(=O)(=O)c1c(C)c(C)c2c(c1C)CCC(C)(C)O2)C(=O)OCOC(=O)C1=C(C(=O)O)c2cc(Cl)cc(Cl)c2OC1C(F)(F)F. The molecule has 1 unspecified atom stereocenters. The number of aliphatic imine (C=N–C) groups is 1. The molecule has 0 aromatic heterocycles. The summed E-state index contributed by atoms with van der Waals surface area (Å²) in [6.07, 6.45) is -6.74. The van der Waals surface area contributed by atoms with Gasteiger partial charge in [-0.15, -0.1) is 0 Å². The van der Waals surface area contributed by atoms with Crippen molar-refractivity contribution in [2.45, 2.75) is 102 Å². The molecule has 2 heterocycles. The minimum absolute atomic E-state index is 0.000919. The van der Waals surface area contributed by atoms with Crippen LogP contribution in [0.4, 0.5) is 13.2 Å². The maximum Gasteiger partial charge on any atom is 0.430 e. The van der Waals surface area contributed by atoms with Gasteiger partial charge in [0.1, 0.15) is 28.7 Å². The number of carboxylic acid groups (broad SMARTS) is 1. The van der Waals surface area contributed by atoms with Gasteiger partial charge < -0.3 is 35.1 Å². The lowest BCUT2D eigenvalue weighted by molar-refractivity contribution is -0.191. The lowest BCUT2D eigenvalue weighted by atomic mass is 9.88. The van der Waals surface area contributed by atoms with Crippen LogP contribution in [0.15, 0.2) is 27.6 Å². The van der Waals surface area contributed by atoms with Crippen LogP contribution in [0.3, 0.4) is 0 Å². The number of esters is 2. The van der Waals surface area contributed by atoms with Crippen LogP contribution in [0, 0.1) is 20.8 Å². The van der Waals surface area contributed by atoms with Gasteiger partial charge in [-0.2, -0.15) is 13.2 Å². The standard InChI is InChI=1S/C36H41Cl2F3N4O11S/c1-16-17(2)29(18(3)21-10-11-35(5,6)56-27(16)21)57(51,52)45-34(42)43-12-8-7-9-24(44-19(4)46)32(49)53-15-54-33(50)26-25(31(47)48)22-13-20(37)14-23(38)28(22)55-30(26)36(39,40)41/h13-14,24,30H,7-12,15H2,1-6H3,(H,44,46)(H,47,48)(H3,42,43,45)/t24-,30?/m0/s1. The van der Waals surface area contributed by atoms with E-state index in [9.17, 15) is 45.9 Å². The number of nitrogens with one attached hydrogen (secondary N) is 2. The number of aliphatic carboxylic acids is 1.